The molecule has 0 aliphatic heterocycles. The minimum atomic E-state index is -0.457. The number of benzene rings is 2. The number of rotatable bonds is 6. The van der Waals surface area contributed by atoms with Gasteiger partial charge in [-0.15, -0.1) is 0 Å². The topological polar surface area (TPSA) is 71.3 Å². The van der Waals surface area contributed by atoms with Crippen LogP contribution >= 0.6 is 11.6 Å². The van der Waals surface area contributed by atoms with Crippen LogP contribution in [0, 0.1) is 0 Å². The van der Waals surface area contributed by atoms with Gasteiger partial charge in [0, 0.05) is 17.3 Å². The second-order valence-electron chi connectivity index (χ2n) is 7.25. The molecular weight excluding hydrogens is 388 g/mol. The highest BCUT2D eigenvalue weighted by Crippen LogP contribution is 2.44. The fraction of sp³-hybridized carbons (Fsp3) is 0.217. The molecule has 0 unspecified atom stereocenters. The van der Waals surface area contributed by atoms with Crippen molar-refractivity contribution in [2.75, 3.05) is 5.32 Å². The molecule has 2 aromatic carbocycles. The van der Waals surface area contributed by atoms with Gasteiger partial charge in [-0.25, -0.2) is 0 Å². The standard InChI is InChI=1S/C23H21ClN2O3/c24-18-8-6-17(7-9-18)23(12-2-13-23)22(28)25-15-16-4-10-19(11-5-16)26-21(27)20-3-1-14-29-20/h1,3-11,14H,2,12-13,15H2,(H,25,28)(H,26,27). The first-order chi connectivity index (χ1) is 14.1. The molecule has 0 spiro atoms. The lowest BCUT2D eigenvalue weighted by atomic mass is 9.64. The van der Waals surface area contributed by atoms with Crippen molar-refractivity contribution in [2.24, 2.45) is 0 Å². The molecule has 4 rings (SSSR count). The summed E-state index contributed by atoms with van der Waals surface area (Å²) in [7, 11) is 0. The van der Waals surface area contributed by atoms with Crippen molar-refractivity contribution in [1.82, 2.24) is 5.32 Å². The molecule has 148 valence electrons. The molecule has 0 bridgehead atoms. The number of nitrogens with one attached hydrogen (secondary N) is 2. The van der Waals surface area contributed by atoms with Crippen molar-refractivity contribution in [3.05, 3.63) is 88.8 Å². The van der Waals surface area contributed by atoms with E-state index in [1.165, 1.54) is 6.26 Å². The van der Waals surface area contributed by atoms with E-state index in [0.717, 1.165) is 30.4 Å². The van der Waals surface area contributed by atoms with Gasteiger partial charge in [0.2, 0.25) is 5.91 Å². The van der Waals surface area contributed by atoms with Gasteiger partial charge in [0.15, 0.2) is 5.76 Å². The number of amides is 2. The first-order valence-corrected chi connectivity index (χ1v) is 9.93. The number of carbonyl (C=O) groups is 2. The van der Waals surface area contributed by atoms with Gasteiger partial charge in [-0.3, -0.25) is 9.59 Å². The van der Waals surface area contributed by atoms with Crippen LogP contribution in [0.1, 0.15) is 40.9 Å². The maximum atomic E-state index is 12.9. The van der Waals surface area contributed by atoms with Crippen molar-refractivity contribution in [3.8, 4) is 0 Å². The van der Waals surface area contributed by atoms with Crippen LogP contribution in [-0.4, -0.2) is 11.8 Å². The Morgan fingerprint density at radius 2 is 1.72 bits per heavy atom. The molecule has 1 aromatic heterocycles. The van der Waals surface area contributed by atoms with E-state index in [2.05, 4.69) is 10.6 Å². The van der Waals surface area contributed by atoms with Gasteiger partial charge in [0.25, 0.3) is 5.91 Å². The smallest absolute Gasteiger partial charge is 0.291 e. The molecule has 1 aliphatic carbocycles. The number of hydrogen-bond donors (Lipinski definition) is 2. The number of hydrogen-bond acceptors (Lipinski definition) is 3. The zero-order chi connectivity index (χ0) is 20.3. The zero-order valence-corrected chi connectivity index (χ0v) is 16.5. The third-order valence-electron chi connectivity index (χ3n) is 5.45. The first-order valence-electron chi connectivity index (χ1n) is 9.55. The van der Waals surface area contributed by atoms with Gasteiger partial charge in [-0.1, -0.05) is 42.3 Å². The van der Waals surface area contributed by atoms with Crippen LogP contribution in [-0.2, 0) is 16.8 Å². The molecular formula is C23H21ClN2O3. The van der Waals surface area contributed by atoms with E-state index in [9.17, 15) is 9.59 Å². The number of furan rings is 1. The van der Waals surface area contributed by atoms with Crippen molar-refractivity contribution >= 4 is 29.1 Å². The summed E-state index contributed by atoms with van der Waals surface area (Å²) in [6, 6.07) is 18.2. The third-order valence-corrected chi connectivity index (χ3v) is 5.70. The lowest BCUT2D eigenvalue weighted by molar-refractivity contribution is -0.130. The molecule has 2 amide bonds. The lowest BCUT2D eigenvalue weighted by Crippen LogP contribution is -2.48. The van der Waals surface area contributed by atoms with E-state index in [0.29, 0.717) is 17.3 Å². The molecule has 29 heavy (non-hydrogen) atoms. The van der Waals surface area contributed by atoms with E-state index < -0.39 is 5.41 Å². The highest BCUT2D eigenvalue weighted by Gasteiger charge is 2.45. The zero-order valence-electron chi connectivity index (χ0n) is 15.8. The van der Waals surface area contributed by atoms with Crippen LogP contribution < -0.4 is 10.6 Å². The van der Waals surface area contributed by atoms with Crippen LogP contribution in [0.3, 0.4) is 0 Å². The molecule has 3 aromatic rings. The average Bonchev–Trinajstić information content (AvgIpc) is 3.23. The molecule has 5 nitrogen and oxygen atoms in total. The summed E-state index contributed by atoms with van der Waals surface area (Å²) in [6.07, 6.45) is 4.19. The lowest BCUT2D eigenvalue weighted by Gasteiger charge is -2.40. The Morgan fingerprint density at radius 3 is 2.31 bits per heavy atom. The molecule has 1 heterocycles. The summed E-state index contributed by atoms with van der Waals surface area (Å²) in [5.74, 6) is 0.00143. The predicted octanol–water partition coefficient (Wildman–Crippen LogP) is 4.92. The summed E-state index contributed by atoms with van der Waals surface area (Å²) in [5, 5.41) is 6.51. The van der Waals surface area contributed by atoms with Crippen molar-refractivity contribution in [3.63, 3.8) is 0 Å². The van der Waals surface area contributed by atoms with E-state index in [4.69, 9.17) is 16.0 Å². The maximum Gasteiger partial charge on any atom is 0.291 e. The Balaban J connectivity index is 1.36. The second-order valence-corrected chi connectivity index (χ2v) is 7.69. The van der Waals surface area contributed by atoms with Gasteiger partial charge < -0.3 is 15.1 Å². The van der Waals surface area contributed by atoms with E-state index in [-0.39, 0.29) is 17.6 Å². The van der Waals surface area contributed by atoms with Gasteiger partial charge in [0.05, 0.1) is 11.7 Å². The molecule has 6 heteroatoms. The fourth-order valence-electron chi connectivity index (χ4n) is 3.60. The third kappa shape index (κ3) is 4.05. The summed E-state index contributed by atoms with van der Waals surface area (Å²) in [4.78, 5) is 24.9. The monoisotopic (exact) mass is 408 g/mol. The number of halogens is 1. The minimum Gasteiger partial charge on any atom is -0.459 e. The minimum absolute atomic E-state index is 0.0428. The Hall–Kier alpha value is -3.05. The summed E-state index contributed by atoms with van der Waals surface area (Å²) < 4.78 is 5.08. The molecule has 1 fully saturated rings. The van der Waals surface area contributed by atoms with Crippen LogP contribution in [0.2, 0.25) is 5.02 Å². The van der Waals surface area contributed by atoms with Crippen molar-refractivity contribution < 1.29 is 14.0 Å². The number of carbonyl (C=O) groups excluding carboxylic acids is 2. The Kier molecular flexibility index (Phi) is 5.41. The Bertz CT molecular complexity index is 992. The van der Waals surface area contributed by atoms with Crippen molar-refractivity contribution in [1.29, 1.82) is 0 Å². The molecule has 0 saturated heterocycles. The highest BCUT2D eigenvalue weighted by atomic mass is 35.5. The fourth-order valence-corrected chi connectivity index (χ4v) is 3.73. The van der Waals surface area contributed by atoms with Crippen LogP contribution in [0.25, 0.3) is 0 Å². The van der Waals surface area contributed by atoms with Gasteiger partial charge in [-0.2, -0.15) is 0 Å². The second kappa shape index (κ2) is 8.13. The molecule has 2 N–H and O–H groups in total. The van der Waals surface area contributed by atoms with E-state index in [1.807, 2.05) is 36.4 Å². The quantitative estimate of drug-likeness (QED) is 0.607. The number of anilines is 1. The summed E-state index contributed by atoms with van der Waals surface area (Å²) >= 11 is 5.98. The molecule has 1 saturated carbocycles. The summed E-state index contributed by atoms with van der Waals surface area (Å²) in [6.45, 7) is 0.431. The molecule has 0 radical (unpaired) electrons. The molecule has 0 atom stereocenters. The maximum absolute atomic E-state index is 12.9. The van der Waals surface area contributed by atoms with Crippen molar-refractivity contribution in [2.45, 2.75) is 31.2 Å². The van der Waals surface area contributed by atoms with E-state index in [1.54, 1.807) is 24.3 Å². The average molecular weight is 409 g/mol. The Labute approximate surface area is 174 Å². The van der Waals surface area contributed by atoms with Crippen LogP contribution in [0.15, 0.2) is 71.3 Å². The van der Waals surface area contributed by atoms with Crippen LogP contribution in [0.4, 0.5) is 5.69 Å². The largest absolute Gasteiger partial charge is 0.459 e. The van der Waals surface area contributed by atoms with Gasteiger partial charge in [-0.05, 0) is 60.4 Å². The predicted molar refractivity (Wildman–Crippen MR) is 112 cm³/mol. The SMILES string of the molecule is O=C(Nc1ccc(CNC(=O)C2(c3ccc(Cl)cc3)CCC2)cc1)c1ccco1. The normalized spacial score (nSPS) is 14.7. The summed E-state index contributed by atoms with van der Waals surface area (Å²) in [5.41, 5.74) is 2.18. The first kappa shape index (κ1) is 19.3. The molecule has 1 aliphatic rings. The van der Waals surface area contributed by atoms with Gasteiger partial charge >= 0.3 is 0 Å². The highest BCUT2D eigenvalue weighted by molar-refractivity contribution is 6.30. The van der Waals surface area contributed by atoms with Crippen LogP contribution in [0.5, 0.6) is 0 Å². The van der Waals surface area contributed by atoms with E-state index >= 15 is 0 Å². The Morgan fingerprint density at radius 1 is 1.00 bits per heavy atom. The van der Waals surface area contributed by atoms with Gasteiger partial charge in [0.1, 0.15) is 0 Å².